The first-order valence-corrected chi connectivity index (χ1v) is 11.0. The zero-order valence-corrected chi connectivity index (χ0v) is 16.7. The lowest BCUT2D eigenvalue weighted by Crippen LogP contribution is -2.48. The van der Waals surface area contributed by atoms with E-state index in [0.717, 1.165) is 26.2 Å². The van der Waals surface area contributed by atoms with Crippen LogP contribution in [0.4, 0.5) is 0 Å². The fourth-order valence-corrected chi connectivity index (χ4v) is 4.47. The van der Waals surface area contributed by atoms with Crippen molar-refractivity contribution in [1.82, 2.24) is 14.5 Å². The van der Waals surface area contributed by atoms with Gasteiger partial charge < -0.3 is 14.4 Å². The molecule has 0 aliphatic carbocycles. The standard InChI is InChI=1S/C16H29N3O4S2/c1-18-5-7-19(8-6-18)15(16-4-3-12-24-16)14-17-25(20,21)13-11-23-10-9-22-2/h3-4,12,15,17H,5-11,13-14H2,1-2H3. The van der Waals surface area contributed by atoms with E-state index in [2.05, 4.69) is 27.6 Å². The van der Waals surface area contributed by atoms with Gasteiger partial charge in [0, 0.05) is 44.7 Å². The van der Waals surface area contributed by atoms with Crippen LogP contribution in [0.3, 0.4) is 0 Å². The molecule has 1 fully saturated rings. The zero-order chi connectivity index (χ0) is 18.1. The van der Waals surface area contributed by atoms with Crippen molar-refractivity contribution in [3.63, 3.8) is 0 Å². The second-order valence-electron chi connectivity index (χ2n) is 6.14. The van der Waals surface area contributed by atoms with E-state index >= 15 is 0 Å². The summed E-state index contributed by atoms with van der Waals surface area (Å²) in [6, 6.07) is 4.18. The molecule has 1 saturated heterocycles. The molecule has 1 N–H and O–H groups in total. The van der Waals surface area contributed by atoms with Gasteiger partial charge in [-0.1, -0.05) is 6.07 Å². The number of hydrogen-bond acceptors (Lipinski definition) is 7. The molecule has 0 amide bonds. The van der Waals surface area contributed by atoms with Crippen molar-refractivity contribution in [1.29, 1.82) is 0 Å². The second-order valence-corrected chi connectivity index (χ2v) is 9.05. The van der Waals surface area contributed by atoms with Crippen LogP contribution in [-0.4, -0.2) is 90.7 Å². The van der Waals surface area contributed by atoms with Gasteiger partial charge in [-0.2, -0.15) is 0 Å². The van der Waals surface area contributed by atoms with Crippen LogP contribution in [0.2, 0.25) is 0 Å². The average molecular weight is 392 g/mol. The van der Waals surface area contributed by atoms with E-state index in [1.165, 1.54) is 4.88 Å². The Morgan fingerprint density at radius 1 is 1.24 bits per heavy atom. The van der Waals surface area contributed by atoms with Gasteiger partial charge in [0.2, 0.25) is 10.0 Å². The molecule has 9 heteroatoms. The van der Waals surface area contributed by atoms with Crippen LogP contribution >= 0.6 is 11.3 Å². The molecule has 7 nitrogen and oxygen atoms in total. The number of piperazine rings is 1. The molecule has 2 heterocycles. The number of nitrogens with one attached hydrogen (secondary N) is 1. The maximum Gasteiger partial charge on any atom is 0.213 e. The number of hydrogen-bond donors (Lipinski definition) is 1. The van der Waals surface area contributed by atoms with E-state index in [-0.39, 0.29) is 18.4 Å². The quantitative estimate of drug-likeness (QED) is 0.558. The van der Waals surface area contributed by atoms with Crippen LogP contribution in [0, 0.1) is 0 Å². The second kappa shape index (κ2) is 10.6. The van der Waals surface area contributed by atoms with Gasteiger partial charge >= 0.3 is 0 Å². The largest absolute Gasteiger partial charge is 0.382 e. The zero-order valence-electron chi connectivity index (χ0n) is 15.0. The third-order valence-electron chi connectivity index (χ3n) is 4.28. The Labute approximate surface area is 155 Å². The number of methoxy groups -OCH3 is 1. The predicted molar refractivity (Wildman–Crippen MR) is 101 cm³/mol. The molecule has 1 aromatic heterocycles. The fourth-order valence-electron chi connectivity index (χ4n) is 2.72. The number of nitrogens with zero attached hydrogens (tertiary/aromatic N) is 2. The average Bonchev–Trinajstić information content (AvgIpc) is 3.10. The summed E-state index contributed by atoms with van der Waals surface area (Å²) in [6.07, 6.45) is 0. The summed E-state index contributed by atoms with van der Waals surface area (Å²) < 4.78 is 37.3. The Hall–Kier alpha value is -0.550. The maximum atomic E-state index is 12.2. The summed E-state index contributed by atoms with van der Waals surface area (Å²) >= 11 is 1.67. The molecule has 1 atom stereocenters. The van der Waals surface area contributed by atoms with E-state index in [4.69, 9.17) is 9.47 Å². The molecule has 2 rings (SSSR count). The topological polar surface area (TPSA) is 71.1 Å². The van der Waals surface area contributed by atoms with E-state index < -0.39 is 10.0 Å². The van der Waals surface area contributed by atoms with E-state index in [1.54, 1.807) is 18.4 Å². The van der Waals surface area contributed by atoms with E-state index in [9.17, 15) is 8.42 Å². The minimum Gasteiger partial charge on any atom is -0.382 e. The fraction of sp³-hybridized carbons (Fsp3) is 0.750. The molecule has 25 heavy (non-hydrogen) atoms. The summed E-state index contributed by atoms with van der Waals surface area (Å²) in [5.41, 5.74) is 0. The van der Waals surface area contributed by atoms with Crippen LogP contribution in [0.1, 0.15) is 10.9 Å². The third kappa shape index (κ3) is 7.30. The number of likely N-dealkylation sites (N-methyl/N-ethyl adjacent to an activating group) is 1. The van der Waals surface area contributed by atoms with E-state index in [0.29, 0.717) is 19.8 Å². The lowest BCUT2D eigenvalue weighted by molar-refractivity contribution is 0.0784. The van der Waals surface area contributed by atoms with Gasteiger partial charge in [0.15, 0.2) is 0 Å². The normalized spacial score (nSPS) is 18.5. The molecule has 0 spiro atoms. The van der Waals surface area contributed by atoms with Gasteiger partial charge in [0.25, 0.3) is 0 Å². The van der Waals surface area contributed by atoms with Gasteiger partial charge in [-0.15, -0.1) is 11.3 Å². The number of ether oxygens (including phenoxy) is 2. The van der Waals surface area contributed by atoms with Crippen LogP contribution < -0.4 is 4.72 Å². The molecule has 0 saturated carbocycles. The first-order chi connectivity index (χ1) is 12.0. The predicted octanol–water partition coefficient (Wildman–Crippen LogP) is 0.619. The highest BCUT2D eigenvalue weighted by Gasteiger charge is 2.26. The van der Waals surface area contributed by atoms with Gasteiger partial charge in [-0.25, -0.2) is 13.1 Å². The number of thiophene rings is 1. The molecule has 0 aromatic carbocycles. The van der Waals surface area contributed by atoms with Crippen LogP contribution in [0.15, 0.2) is 17.5 Å². The molecule has 1 aromatic rings. The first-order valence-electron chi connectivity index (χ1n) is 8.52. The van der Waals surface area contributed by atoms with Gasteiger partial charge in [0.1, 0.15) is 0 Å². The Morgan fingerprint density at radius 2 is 2.00 bits per heavy atom. The highest BCUT2D eigenvalue weighted by atomic mass is 32.2. The molecule has 144 valence electrons. The molecular weight excluding hydrogens is 362 g/mol. The highest BCUT2D eigenvalue weighted by Crippen LogP contribution is 2.25. The third-order valence-corrected chi connectivity index (χ3v) is 6.56. The van der Waals surface area contributed by atoms with Gasteiger partial charge in [-0.3, -0.25) is 4.90 Å². The Kier molecular flexibility index (Phi) is 8.77. The maximum absolute atomic E-state index is 12.2. The molecule has 1 aliphatic heterocycles. The molecule has 0 bridgehead atoms. The highest BCUT2D eigenvalue weighted by molar-refractivity contribution is 7.89. The summed E-state index contributed by atoms with van der Waals surface area (Å²) in [6.45, 7) is 5.34. The Morgan fingerprint density at radius 3 is 2.64 bits per heavy atom. The Balaban J connectivity index is 1.86. The van der Waals surface area contributed by atoms with Crippen molar-refractivity contribution in [3.05, 3.63) is 22.4 Å². The van der Waals surface area contributed by atoms with Crippen molar-refractivity contribution >= 4 is 21.4 Å². The molecule has 1 unspecified atom stereocenters. The first kappa shape index (κ1) is 20.8. The summed E-state index contributed by atoms with van der Waals surface area (Å²) in [5, 5.41) is 2.04. The lowest BCUT2D eigenvalue weighted by Gasteiger charge is -2.37. The summed E-state index contributed by atoms with van der Waals surface area (Å²) in [7, 11) is 0.350. The molecule has 0 radical (unpaired) electrons. The van der Waals surface area contributed by atoms with Gasteiger partial charge in [-0.05, 0) is 18.5 Å². The smallest absolute Gasteiger partial charge is 0.213 e. The van der Waals surface area contributed by atoms with Crippen LogP contribution in [0.5, 0.6) is 0 Å². The summed E-state index contributed by atoms with van der Waals surface area (Å²) in [5.74, 6) is -0.0311. The monoisotopic (exact) mass is 391 g/mol. The van der Waals surface area contributed by atoms with E-state index in [1.807, 2.05) is 11.4 Å². The summed E-state index contributed by atoms with van der Waals surface area (Å²) in [4.78, 5) is 5.86. The van der Waals surface area contributed by atoms with Crippen molar-refractivity contribution in [2.45, 2.75) is 6.04 Å². The van der Waals surface area contributed by atoms with Crippen molar-refractivity contribution < 1.29 is 17.9 Å². The van der Waals surface area contributed by atoms with Crippen LogP contribution in [-0.2, 0) is 19.5 Å². The molecular formula is C16H29N3O4S2. The SMILES string of the molecule is COCCOCCS(=O)(=O)NCC(c1cccs1)N1CCN(C)CC1. The minimum atomic E-state index is -3.35. The number of rotatable bonds is 11. The van der Waals surface area contributed by atoms with Crippen LogP contribution in [0.25, 0.3) is 0 Å². The van der Waals surface area contributed by atoms with Gasteiger partial charge in [0.05, 0.1) is 31.6 Å². The molecule has 1 aliphatic rings. The minimum absolute atomic E-state index is 0.0311. The lowest BCUT2D eigenvalue weighted by atomic mass is 10.2. The van der Waals surface area contributed by atoms with Crippen molar-refractivity contribution in [2.75, 3.05) is 72.5 Å². The number of sulfonamides is 1. The Bertz CT molecular complexity index is 572. The van der Waals surface area contributed by atoms with Crippen molar-refractivity contribution in [2.24, 2.45) is 0 Å². The van der Waals surface area contributed by atoms with Crippen molar-refractivity contribution in [3.8, 4) is 0 Å².